The van der Waals surface area contributed by atoms with E-state index in [0.717, 1.165) is 12.8 Å². The maximum atomic E-state index is 2.35. The first kappa shape index (κ1) is 13.0. The van der Waals surface area contributed by atoms with Gasteiger partial charge in [-0.3, -0.25) is 4.90 Å². The maximum absolute atomic E-state index is 2.35. The third-order valence-corrected chi connectivity index (χ3v) is 3.13. The fraction of sp³-hybridized carbons (Fsp3) is 0.571. The van der Waals surface area contributed by atoms with Crippen LogP contribution < -0.4 is 0 Å². The highest BCUT2D eigenvalue weighted by Crippen LogP contribution is 2.19. The van der Waals surface area contributed by atoms with Crippen LogP contribution in [0.3, 0.4) is 0 Å². The molecule has 1 heterocycles. The molecule has 0 saturated heterocycles. The molecular formula is C14H24N2. The Hall–Kier alpha value is -1.02. The predicted molar refractivity (Wildman–Crippen MR) is 71.1 cm³/mol. The SMILES string of the molecule is C/C=C(\C)CCC1=CC(N(C)C)N(C)C=C1. The lowest BCUT2D eigenvalue weighted by Gasteiger charge is -2.33. The second-order valence-corrected chi connectivity index (χ2v) is 4.74. The van der Waals surface area contributed by atoms with Gasteiger partial charge in [-0.25, -0.2) is 0 Å². The molecule has 0 N–H and O–H groups in total. The summed E-state index contributed by atoms with van der Waals surface area (Å²) in [6.45, 7) is 4.31. The second-order valence-electron chi connectivity index (χ2n) is 4.74. The average molecular weight is 220 g/mol. The molecule has 1 atom stereocenters. The number of likely N-dealkylation sites (N-methyl/N-ethyl adjacent to an activating group) is 2. The van der Waals surface area contributed by atoms with E-state index in [1.54, 1.807) is 0 Å². The van der Waals surface area contributed by atoms with Crippen LogP contribution >= 0.6 is 0 Å². The van der Waals surface area contributed by atoms with Crippen LogP contribution in [0.5, 0.6) is 0 Å². The molecule has 0 saturated carbocycles. The summed E-state index contributed by atoms with van der Waals surface area (Å²) in [6.07, 6.45) is 11.6. The topological polar surface area (TPSA) is 6.48 Å². The first-order valence-electron chi connectivity index (χ1n) is 5.93. The summed E-state index contributed by atoms with van der Waals surface area (Å²) in [5.41, 5.74) is 2.91. The van der Waals surface area contributed by atoms with Crippen LogP contribution in [0.15, 0.2) is 35.6 Å². The highest BCUT2D eigenvalue weighted by atomic mass is 15.3. The van der Waals surface area contributed by atoms with Gasteiger partial charge in [0.15, 0.2) is 0 Å². The largest absolute Gasteiger partial charge is 0.362 e. The maximum Gasteiger partial charge on any atom is 0.100 e. The number of hydrogen-bond donors (Lipinski definition) is 0. The minimum Gasteiger partial charge on any atom is -0.362 e. The van der Waals surface area contributed by atoms with Gasteiger partial charge in [-0.2, -0.15) is 0 Å². The lowest BCUT2D eigenvalue weighted by Crippen LogP contribution is -2.39. The molecule has 1 rings (SSSR count). The van der Waals surface area contributed by atoms with Crippen LogP contribution in [0.4, 0.5) is 0 Å². The van der Waals surface area contributed by atoms with E-state index in [-0.39, 0.29) is 0 Å². The molecule has 0 amide bonds. The minimum absolute atomic E-state index is 0.394. The van der Waals surface area contributed by atoms with Gasteiger partial charge < -0.3 is 4.90 Å². The quantitative estimate of drug-likeness (QED) is 0.672. The van der Waals surface area contributed by atoms with Gasteiger partial charge in [0.1, 0.15) is 6.17 Å². The van der Waals surface area contributed by atoms with Gasteiger partial charge in [0, 0.05) is 13.2 Å². The predicted octanol–water partition coefficient (Wildman–Crippen LogP) is 3.01. The second kappa shape index (κ2) is 5.90. The van der Waals surface area contributed by atoms with Crippen LogP contribution in [-0.4, -0.2) is 37.1 Å². The van der Waals surface area contributed by atoms with Gasteiger partial charge >= 0.3 is 0 Å². The highest BCUT2D eigenvalue weighted by Gasteiger charge is 2.15. The van der Waals surface area contributed by atoms with E-state index >= 15 is 0 Å². The summed E-state index contributed by atoms with van der Waals surface area (Å²) in [5, 5.41) is 0. The van der Waals surface area contributed by atoms with Crippen LogP contribution in [-0.2, 0) is 0 Å². The van der Waals surface area contributed by atoms with Gasteiger partial charge in [-0.05, 0) is 58.5 Å². The molecule has 0 aromatic heterocycles. The van der Waals surface area contributed by atoms with E-state index in [1.807, 2.05) is 0 Å². The fourth-order valence-corrected chi connectivity index (χ4v) is 1.83. The molecule has 2 nitrogen and oxygen atoms in total. The Morgan fingerprint density at radius 1 is 1.50 bits per heavy atom. The lowest BCUT2D eigenvalue weighted by molar-refractivity contribution is 0.190. The van der Waals surface area contributed by atoms with E-state index in [1.165, 1.54) is 11.1 Å². The van der Waals surface area contributed by atoms with Crippen molar-refractivity contribution in [2.24, 2.45) is 0 Å². The standard InChI is InChI=1S/C14H24N2/c1-6-12(2)7-8-13-9-10-16(5)14(11-13)15(3)4/h6,9-11,14H,7-8H2,1-5H3/b12-6+. The van der Waals surface area contributed by atoms with E-state index < -0.39 is 0 Å². The zero-order valence-electron chi connectivity index (χ0n) is 11.2. The molecule has 0 radical (unpaired) electrons. The van der Waals surface area contributed by atoms with E-state index in [2.05, 4.69) is 69.2 Å². The summed E-state index contributed by atoms with van der Waals surface area (Å²) in [7, 11) is 6.35. The molecule has 90 valence electrons. The van der Waals surface area contributed by atoms with Crippen molar-refractivity contribution in [3.8, 4) is 0 Å². The minimum atomic E-state index is 0.394. The molecule has 0 aromatic rings. The van der Waals surface area contributed by atoms with Crippen LogP contribution in [0.1, 0.15) is 26.7 Å². The summed E-state index contributed by atoms with van der Waals surface area (Å²) in [6, 6.07) is 0. The Kier molecular flexibility index (Phi) is 4.81. The van der Waals surface area contributed by atoms with Crippen LogP contribution in [0, 0.1) is 0 Å². The summed E-state index contributed by atoms with van der Waals surface area (Å²) in [5.74, 6) is 0. The normalized spacial score (nSPS) is 21.6. The Morgan fingerprint density at radius 2 is 2.19 bits per heavy atom. The van der Waals surface area contributed by atoms with Gasteiger partial charge in [-0.15, -0.1) is 0 Å². The molecule has 1 unspecified atom stereocenters. The summed E-state index contributed by atoms with van der Waals surface area (Å²) < 4.78 is 0. The van der Waals surface area contributed by atoms with E-state index in [0.29, 0.717) is 6.17 Å². The zero-order chi connectivity index (χ0) is 12.1. The first-order valence-corrected chi connectivity index (χ1v) is 5.93. The number of nitrogens with zero attached hydrogens (tertiary/aromatic N) is 2. The highest BCUT2D eigenvalue weighted by molar-refractivity contribution is 5.25. The number of hydrogen-bond acceptors (Lipinski definition) is 2. The van der Waals surface area contributed by atoms with Crippen molar-refractivity contribution in [2.75, 3.05) is 21.1 Å². The van der Waals surface area contributed by atoms with Gasteiger partial charge in [0.2, 0.25) is 0 Å². The van der Waals surface area contributed by atoms with Gasteiger partial charge in [0.05, 0.1) is 0 Å². The third kappa shape index (κ3) is 3.53. The molecule has 0 spiro atoms. The Bertz CT molecular complexity index is 311. The molecule has 0 aliphatic carbocycles. The Morgan fingerprint density at radius 3 is 2.75 bits per heavy atom. The van der Waals surface area contributed by atoms with Crippen molar-refractivity contribution in [2.45, 2.75) is 32.9 Å². The molecule has 0 aromatic carbocycles. The van der Waals surface area contributed by atoms with Crippen molar-refractivity contribution < 1.29 is 0 Å². The van der Waals surface area contributed by atoms with Crippen molar-refractivity contribution in [1.29, 1.82) is 0 Å². The monoisotopic (exact) mass is 220 g/mol. The number of rotatable bonds is 4. The van der Waals surface area contributed by atoms with Crippen molar-refractivity contribution in [3.05, 3.63) is 35.6 Å². The number of allylic oxidation sites excluding steroid dienone is 4. The molecule has 2 heteroatoms. The van der Waals surface area contributed by atoms with Crippen molar-refractivity contribution >= 4 is 0 Å². The van der Waals surface area contributed by atoms with Crippen molar-refractivity contribution in [1.82, 2.24) is 9.80 Å². The Labute approximate surface area is 99.9 Å². The van der Waals surface area contributed by atoms with E-state index in [9.17, 15) is 0 Å². The third-order valence-electron chi connectivity index (χ3n) is 3.13. The first-order chi connectivity index (χ1) is 7.54. The van der Waals surface area contributed by atoms with E-state index in [4.69, 9.17) is 0 Å². The molecule has 0 bridgehead atoms. The van der Waals surface area contributed by atoms with Crippen LogP contribution in [0.25, 0.3) is 0 Å². The van der Waals surface area contributed by atoms with Gasteiger partial charge in [-0.1, -0.05) is 11.6 Å². The average Bonchev–Trinajstić information content (AvgIpc) is 2.27. The molecule has 1 aliphatic heterocycles. The zero-order valence-corrected chi connectivity index (χ0v) is 11.2. The molecular weight excluding hydrogens is 196 g/mol. The molecule has 1 aliphatic rings. The summed E-state index contributed by atoms with van der Waals surface area (Å²) in [4.78, 5) is 4.46. The Balaban J connectivity index is 2.61. The smallest absolute Gasteiger partial charge is 0.100 e. The van der Waals surface area contributed by atoms with Crippen LogP contribution in [0.2, 0.25) is 0 Å². The fourth-order valence-electron chi connectivity index (χ4n) is 1.83. The molecule has 16 heavy (non-hydrogen) atoms. The lowest BCUT2D eigenvalue weighted by atomic mass is 10.0. The summed E-state index contributed by atoms with van der Waals surface area (Å²) >= 11 is 0. The molecule has 0 fully saturated rings. The van der Waals surface area contributed by atoms with Crippen molar-refractivity contribution in [3.63, 3.8) is 0 Å². The van der Waals surface area contributed by atoms with Gasteiger partial charge in [0.25, 0.3) is 0 Å².